The summed E-state index contributed by atoms with van der Waals surface area (Å²) in [6, 6.07) is 14.0. The molecular formula is C27H31FN4O3. The Morgan fingerprint density at radius 1 is 1.03 bits per heavy atom. The van der Waals surface area contributed by atoms with Crippen LogP contribution in [0.2, 0.25) is 0 Å². The number of aromatic nitrogens is 2. The summed E-state index contributed by atoms with van der Waals surface area (Å²) in [5, 5.41) is 3.06. The summed E-state index contributed by atoms with van der Waals surface area (Å²) in [7, 11) is 0. The average Bonchev–Trinajstić information content (AvgIpc) is 2.89. The molecule has 0 saturated carbocycles. The second kappa shape index (κ2) is 11.6. The van der Waals surface area contributed by atoms with Gasteiger partial charge in [0.05, 0.1) is 18.9 Å². The molecule has 1 aliphatic heterocycles. The first-order chi connectivity index (χ1) is 17.1. The molecule has 3 aromatic rings. The molecule has 2 aromatic carbocycles. The van der Waals surface area contributed by atoms with Gasteiger partial charge in [0.25, 0.3) is 0 Å². The van der Waals surface area contributed by atoms with E-state index in [1.807, 2.05) is 44.2 Å². The molecule has 0 radical (unpaired) electrons. The van der Waals surface area contributed by atoms with Crippen molar-refractivity contribution in [1.29, 1.82) is 0 Å². The van der Waals surface area contributed by atoms with Gasteiger partial charge >= 0.3 is 0 Å². The van der Waals surface area contributed by atoms with Crippen LogP contribution in [0.4, 0.5) is 10.2 Å². The predicted molar refractivity (Wildman–Crippen MR) is 133 cm³/mol. The van der Waals surface area contributed by atoms with E-state index in [2.05, 4.69) is 20.2 Å². The maximum Gasteiger partial charge on any atom is 0.223 e. The van der Waals surface area contributed by atoms with Crippen LogP contribution in [0.25, 0.3) is 11.3 Å². The normalized spacial score (nSPS) is 14.0. The summed E-state index contributed by atoms with van der Waals surface area (Å²) in [5.41, 5.74) is 2.36. The minimum atomic E-state index is -0.297. The van der Waals surface area contributed by atoms with Gasteiger partial charge in [-0.1, -0.05) is 18.2 Å². The number of nitrogens with one attached hydrogen (secondary N) is 1. The van der Waals surface area contributed by atoms with Crippen molar-refractivity contribution >= 4 is 11.7 Å². The average molecular weight is 479 g/mol. The zero-order valence-electron chi connectivity index (χ0n) is 20.2. The third-order valence-electron chi connectivity index (χ3n) is 6.04. The first-order valence-electron chi connectivity index (χ1n) is 12.1. The minimum Gasteiger partial charge on any atom is -0.490 e. The molecule has 1 aromatic heterocycles. The van der Waals surface area contributed by atoms with Crippen molar-refractivity contribution in [3.05, 3.63) is 66.2 Å². The van der Waals surface area contributed by atoms with Gasteiger partial charge in [-0.25, -0.2) is 14.4 Å². The number of ether oxygens (including phenoxy) is 2. The first kappa shape index (κ1) is 24.4. The molecule has 7 nitrogen and oxygen atoms in total. The van der Waals surface area contributed by atoms with Gasteiger partial charge < -0.3 is 19.7 Å². The van der Waals surface area contributed by atoms with Crippen LogP contribution in [0, 0.1) is 11.7 Å². The second-order valence-electron chi connectivity index (χ2n) is 8.40. The Morgan fingerprint density at radius 2 is 1.80 bits per heavy atom. The summed E-state index contributed by atoms with van der Waals surface area (Å²) < 4.78 is 24.9. The number of benzene rings is 2. The van der Waals surface area contributed by atoms with Gasteiger partial charge in [-0.3, -0.25) is 4.79 Å². The van der Waals surface area contributed by atoms with E-state index in [1.54, 1.807) is 6.07 Å². The van der Waals surface area contributed by atoms with Crippen LogP contribution in [0.15, 0.2) is 54.9 Å². The molecule has 1 amide bonds. The fourth-order valence-corrected chi connectivity index (χ4v) is 4.24. The molecule has 8 heteroatoms. The number of nitrogens with zero attached hydrogens (tertiary/aromatic N) is 3. The van der Waals surface area contributed by atoms with Crippen LogP contribution in [0.1, 0.15) is 32.3 Å². The topological polar surface area (TPSA) is 76.6 Å². The summed E-state index contributed by atoms with van der Waals surface area (Å²) in [6.07, 6.45) is 2.97. The minimum absolute atomic E-state index is 0.0511. The van der Waals surface area contributed by atoms with Crippen molar-refractivity contribution in [3.63, 3.8) is 0 Å². The van der Waals surface area contributed by atoms with Crippen molar-refractivity contribution in [2.45, 2.75) is 33.2 Å². The fraction of sp³-hybridized carbons (Fsp3) is 0.370. The Morgan fingerprint density at radius 3 is 2.54 bits per heavy atom. The van der Waals surface area contributed by atoms with Gasteiger partial charge in [-0.05, 0) is 56.5 Å². The molecule has 35 heavy (non-hydrogen) atoms. The molecule has 0 aliphatic carbocycles. The van der Waals surface area contributed by atoms with Gasteiger partial charge in [0, 0.05) is 37.2 Å². The lowest BCUT2D eigenvalue weighted by molar-refractivity contribution is -0.125. The highest BCUT2D eigenvalue weighted by Crippen LogP contribution is 2.29. The summed E-state index contributed by atoms with van der Waals surface area (Å²) in [5.74, 6) is 1.90. The zero-order valence-corrected chi connectivity index (χ0v) is 20.2. The number of anilines is 1. The third kappa shape index (κ3) is 6.26. The number of hydrogen-bond acceptors (Lipinski definition) is 6. The van der Waals surface area contributed by atoms with Crippen LogP contribution < -0.4 is 19.7 Å². The van der Waals surface area contributed by atoms with Crippen LogP contribution in [-0.2, 0) is 11.3 Å². The maximum absolute atomic E-state index is 13.6. The molecular weight excluding hydrogens is 447 g/mol. The van der Waals surface area contributed by atoms with E-state index in [1.165, 1.54) is 18.5 Å². The third-order valence-corrected chi connectivity index (χ3v) is 6.04. The predicted octanol–water partition coefficient (Wildman–Crippen LogP) is 4.61. The summed E-state index contributed by atoms with van der Waals surface area (Å²) in [4.78, 5) is 23.7. The van der Waals surface area contributed by atoms with Gasteiger partial charge in [0.1, 0.15) is 18.0 Å². The number of halogens is 1. The number of hydrogen-bond donors (Lipinski definition) is 1. The van der Waals surface area contributed by atoms with Crippen LogP contribution in [0.3, 0.4) is 0 Å². The zero-order chi connectivity index (χ0) is 24.6. The smallest absolute Gasteiger partial charge is 0.223 e. The van der Waals surface area contributed by atoms with Crippen molar-refractivity contribution in [2.24, 2.45) is 5.92 Å². The Hall–Kier alpha value is -3.68. The summed E-state index contributed by atoms with van der Waals surface area (Å²) >= 11 is 0. The lowest BCUT2D eigenvalue weighted by atomic mass is 9.95. The van der Waals surface area contributed by atoms with Gasteiger partial charge in [0.15, 0.2) is 11.5 Å². The van der Waals surface area contributed by atoms with E-state index in [4.69, 9.17) is 9.47 Å². The van der Waals surface area contributed by atoms with Crippen LogP contribution >= 0.6 is 0 Å². The molecule has 4 rings (SSSR count). The van der Waals surface area contributed by atoms with Crippen molar-refractivity contribution < 1.29 is 18.7 Å². The monoisotopic (exact) mass is 478 g/mol. The Kier molecular flexibility index (Phi) is 8.13. The van der Waals surface area contributed by atoms with Crippen LogP contribution in [-0.4, -0.2) is 42.2 Å². The second-order valence-corrected chi connectivity index (χ2v) is 8.40. The first-order valence-corrected chi connectivity index (χ1v) is 12.1. The Bertz CT molecular complexity index is 1150. The standard InChI is InChI=1S/C27H31FN4O3/c1-3-34-24-9-8-19(14-25(24)35-4-2)17-29-27(33)20-10-12-32(13-11-20)26-16-23(30-18-31-26)21-6-5-7-22(28)15-21/h5-9,14-16,18,20H,3-4,10-13,17H2,1-2H3,(H,29,33). The van der Waals surface area contributed by atoms with Gasteiger partial charge in [-0.15, -0.1) is 0 Å². The number of carbonyl (C=O) groups excluding carboxylic acids is 1. The number of amides is 1. The van der Waals surface area contributed by atoms with Gasteiger partial charge in [-0.2, -0.15) is 0 Å². The lowest BCUT2D eigenvalue weighted by Crippen LogP contribution is -2.40. The fourth-order valence-electron chi connectivity index (χ4n) is 4.24. The van der Waals surface area contributed by atoms with Gasteiger partial charge in [0.2, 0.25) is 5.91 Å². The highest BCUT2D eigenvalue weighted by molar-refractivity contribution is 5.79. The van der Waals surface area contributed by atoms with Crippen LogP contribution in [0.5, 0.6) is 11.5 Å². The van der Waals surface area contributed by atoms with Crippen molar-refractivity contribution in [2.75, 3.05) is 31.2 Å². The lowest BCUT2D eigenvalue weighted by Gasteiger charge is -2.32. The molecule has 0 bridgehead atoms. The molecule has 0 spiro atoms. The van der Waals surface area contributed by atoms with E-state index in [9.17, 15) is 9.18 Å². The molecule has 0 unspecified atom stereocenters. The van der Waals surface area contributed by atoms with Crippen molar-refractivity contribution in [3.8, 4) is 22.8 Å². The highest BCUT2D eigenvalue weighted by atomic mass is 19.1. The number of piperidine rings is 1. The maximum atomic E-state index is 13.6. The highest BCUT2D eigenvalue weighted by Gasteiger charge is 2.26. The number of carbonyl (C=O) groups is 1. The molecule has 1 N–H and O–H groups in total. The molecule has 0 atom stereocenters. The molecule has 184 valence electrons. The quantitative estimate of drug-likeness (QED) is 0.484. The SMILES string of the molecule is CCOc1ccc(CNC(=O)C2CCN(c3cc(-c4cccc(F)c4)ncn3)CC2)cc1OCC. The van der Waals surface area contributed by atoms with E-state index in [-0.39, 0.29) is 17.6 Å². The Labute approximate surface area is 205 Å². The summed E-state index contributed by atoms with van der Waals surface area (Å²) in [6.45, 7) is 6.85. The van der Waals surface area contributed by atoms with E-state index in [0.717, 1.165) is 37.3 Å². The van der Waals surface area contributed by atoms with E-state index >= 15 is 0 Å². The largest absolute Gasteiger partial charge is 0.490 e. The van der Waals surface area contributed by atoms with Crippen molar-refractivity contribution in [1.82, 2.24) is 15.3 Å². The molecule has 1 saturated heterocycles. The van der Waals surface area contributed by atoms with E-state index < -0.39 is 0 Å². The van der Waals surface area contributed by atoms with E-state index in [0.29, 0.717) is 42.5 Å². The Balaban J connectivity index is 1.32. The number of rotatable bonds is 9. The molecule has 1 fully saturated rings. The molecule has 2 heterocycles. The molecule has 1 aliphatic rings.